The van der Waals surface area contributed by atoms with E-state index in [4.69, 9.17) is 25.8 Å². The summed E-state index contributed by atoms with van der Waals surface area (Å²) in [6, 6.07) is 15.6. The zero-order valence-corrected chi connectivity index (χ0v) is 19.2. The molecule has 0 radical (unpaired) electrons. The number of rotatable bonds is 6. The van der Waals surface area contributed by atoms with E-state index in [-0.39, 0.29) is 39.4 Å². The van der Waals surface area contributed by atoms with Crippen molar-refractivity contribution in [3.8, 4) is 11.5 Å². The second kappa shape index (κ2) is 9.78. The molecular formula is C25H17ClN2O7. The molecule has 0 unspecified atom stereocenters. The minimum Gasteiger partial charge on any atom is -0.493 e. The van der Waals surface area contributed by atoms with Crippen molar-refractivity contribution in [1.29, 1.82) is 0 Å². The van der Waals surface area contributed by atoms with Crippen molar-refractivity contribution in [3.63, 3.8) is 0 Å². The third-order valence-corrected chi connectivity index (χ3v) is 5.47. The maximum atomic E-state index is 12.5. The molecule has 1 aliphatic heterocycles. The van der Waals surface area contributed by atoms with Gasteiger partial charge in [0.25, 0.3) is 5.69 Å². The molecule has 4 rings (SSSR count). The highest BCUT2D eigenvalue weighted by Gasteiger charge is 2.27. The molecule has 0 amide bonds. The topological polar surface area (TPSA) is 117 Å². The predicted octanol–water partition coefficient (Wildman–Crippen LogP) is 5.13. The molecule has 1 heterocycles. The molecule has 0 saturated heterocycles. The number of nitro groups is 1. The first-order chi connectivity index (χ1) is 16.8. The summed E-state index contributed by atoms with van der Waals surface area (Å²) in [5, 5.41) is 11.5. The van der Waals surface area contributed by atoms with Crippen molar-refractivity contribution in [2.75, 3.05) is 7.11 Å². The summed E-state index contributed by atoms with van der Waals surface area (Å²) in [5.74, 6) is -0.991. The molecule has 3 aromatic carbocycles. The van der Waals surface area contributed by atoms with Gasteiger partial charge in [0.05, 0.1) is 22.6 Å². The number of hydrogen-bond donors (Lipinski definition) is 0. The molecule has 0 N–H and O–H groups in total. The van der Waals surface area contributed by atoms with Crippen LogP contribution in [0.1, 0.15) is 27.0 Å². The van der Waals surface area contributed by atoms with E-state index in [0.717, 1.165) is 0 Å². The van der Waals surface area contributed by atoms with Gasteiger partial charge >= 0.3 is 11.9 Å². The minimum absolute atomic E-state index is 0.00577. The number of benzene rings is 3. The number of halogens is 1. The van der Waals surface area contributed by atoms with Gasteiger partial charge in [-0.05, 0) is 48.9 Å². The zero-order valence-electron chi connectivity index (χ0n) is 18.5. The predicted molar refractivity (Wildman–Crippen MR) is 128 cm³/mol. The lowest BCUT2D eigenvalue weighted by Crippen LogP contribution is -2.10. The first kappa shape index (κ1) is 23.7. The quantitative estimate of drug-likeness (QED) is 0.154. The van der Waals surface area contributed by atoms with Gasteiger partial charge in [0.2, 0.25) is 5.90 Å². The largest absolute Gasteiger partial charge is 0.493 e. The maximum absolute atomic E-state index is 12.5. The smallest absolute Gasteiger partial charge is 0.363 e. The van der Waals surface area contributed by atoms with Crippen LogP contribution < -0.4 is 9.47 Å². The van der Waals surface area contributed by atoms with E-state index in [0.29, 0.717) is 16.7 Å². The van der Waals surface area contributed by atoms with Crippen molar-refractivity contribution in [3.05, 3.63) is 104 Å². The third-order valence-electron chi connectivity index (χ3n) is 5.14. The van der Waals surface area contributed by atoms with Gasteiger partial charge in [-0.1, -0.05) is 35.9 Å². The van der Waals surface area contributed by atoms with Crippen molar-refractivity contribution >= 4 is 41.2 Å². The lowest BCUT2D eigenvalue weighted by atomic mass is 10.1. The van der Waals surface area contributed by atoms with Crippen molar-refractivity contribution < 1.29 is 28.7 Å². The first-order valence-electron chi connectivity index (χ1n) is 10.2. The number of hydrogen-bond acceptors (Lipinski definition) is 8. The Labute approximate surface area is 204 Å². The number of nitro benzene ring substituents is 1. The number of carbonyl (C=O) groups excluding carboxylic acids is 2. The Morgan fingerprint density at radius 1 is 1.11 bits per heavy atom. The Morgan fingerprint density at radius 3 is 2.60 bits per heavy atom. The lowest BCUT2D eigenvalue weighted by molar-refractivity contribution is -0.385. The Balaban J connectivity index is 1.61. The van der Waals surface area contributed by atoms with Crippen molar-refractivity contribution in [2.24, 2.45) is 4.99 Å². The number of esters is 2. The van der Waals surface area contributed by atoms with Crippen molar-refractivity contribution in [1.82, 2.24) is 0 Å². The SMILES string of the molecule is COc1cc(/C=C2\N=C(c3cccc([N+](=O)[O-])c3C)OC2=O)ccc1OC(=O)c1ccccc1Cl. The Hall–Kier alpha value is -4.50. The van der Waals surface area contributed by atoms with E-state index in [9.17, 15) is 19.7 Å². The third kappa shape index (κ3) is 4.90. The molecule has 176 valence electrons. The van der Waals surface area contributed by atoms with Crippen LogP contribution in [0.4, 0.5) is 5.69 Å². The first-order valence-corrected chi connectivity index (χ1v) is 10.6. The van der Waals surface area contributed by atoms with Crippen LogP contribution in [0.5, 0.6) is 11.5 Å². The van der Waals surface area contributed by atoms with Gasteiger partial charge in [0, 0.05) is 17.2 Å². The van der Waals surface area contributed by atoms with Crippen LogP contribution in [0.2, 0.25) is 5.02 Å². The van der Waals surface area contributed by atoms with E-state index >= 15 is 0 Å². The molecule has 9 nitrogen and oxygen atoms in total. The standard InChI is InChI=1S/C25H17ClN2O7/c1-14-16(7-5-9-20(14)28(31)32)23-27-19(25(30)35-23)12-15-10-11-21(22(13-15)33-2)34-24(29)17-6-3-4-8-18(17)26/h3-13H,1-2H3/b19-12-. The molecule has 0 spiro atoms. The molecule has 1 aliphatic rings. The van der Waals surface area contributed by atoms with Gasteiger partial charge in [-0.15, -0.1) is 0 Å². The lowest BCUT2D eigenvalue weighted by Gasteiger charge is -2.10. The number of nitrogens with zero attached hydrogens (tertiary/aromatic N) is 2. The normalized spacial score (nSPS) is 13.9. The molecule has 10 heteroatoms. The summed E-state index contributed by atoms with van der Waals surface area (Å²) in [6.45, 7) is 1.55. The number of cyclic esters (lactones) is 1. The maximum Gasteiger partial charge on any atom is 0.363 e. The molecule has 0 atom stereocenters. The number of carbonyl (C=O) groups is 2. The Bertz CT molecular complexity index is 1430. The van der Waals surface area contributed by atoms with Gasteiger partial charge in [0.1, 0.15) is 0 Å². The zero-order chi connectivity index (χ0) is 25.1. The summed E-state index contributed by atoms with van der Waals surface area (Å²) in [5.41, 5.74) is 1.28. The average molecular weight is 493 g/mol. The monoisotopic (exact) mass is 492 g/mol. The fraction of sp³-hybridized carbons (Fsp3) is 0.0800. The van der Waals surface area contributed by atoms with Crippen LogP contribution in [0.3, 0.4) is 0 Å². The van der Waals surface area contributed by atoms with E-state index < -0.39 is 16.9 Å². The van der Waals surface area contributed by atoms with Gasteiger partial charge < -0.3 is 14.2 Å². The Kier molecular flexibility index (Phi) is 6.61. The number of aliphatic imine (C=N–C) groups is 1. The highest BCUT2D eigenvalue weighted by Crippen LogP contribution is 2.31. The van der Waals surface area contributed by atoms with Gasteiger partial charge in [0.15, 0.2) is 17.2 Å². The van der Waals surface area contributed by atoms with Crippen LogP contribution >= 0.6 is 11.6 Å². The summed E-state index contributed by atoms with van der Waals surface area (Å²) >= 11 is 6.05. The fourth-order valence-electron chi connectivity index (χ4n) is 3.38. The van der Waals surface area contributed by atoms with Crippen LogP contribution in [0.15, 0.2) is 71.4 Å². The molecule has 0 saturated carbocycles. The molecule has 35 heavy (non-hydrogen) atoms. The fourth-order valence-corrected chi connectivity index (χ4v) is 3.59. The van der Waals surface area contributed by atoms with Crippen molar-refractivity contribution in [2.45, 2.75) is 6.92 Å². The summed E-state index contributed by atoms with van der Waals surface area (Å²) in [6.07, 6.45) is 1.46. The number of methoxy groups -OCH3 is 1. The van der Waals surface area contributed by atoms with E-state index in [1.165, 1.54) is 31.4 Å². The molecule has 0 aliphatic carbocycles. The molecule has 0 aromatic heterocycles. The van der Waals surface area contributed by atoms with Gasteiger partial charge in [-0.2, -0.15) is 0 Å². The summed E-state index contributed by atoms with van der Waals surface area (Å²) in [7, 11) is 1.41. The van der Waals surface area contributed by atoms with Gasteiger partial charge in [-0.25, -0.2) is 14.6 Å². The minimum atomic E-state index is -0.709. The Morgan fingerprint density at radius 2 is 1.89 bits per heavy atom. The highest BCUT2D eigenvalue weighted by atomic mass is 35.5. The molecule has 3 aromatic rings. The summed E-state index contributed by atoms with van der Waals surface area (Å²) < 4.78 is 16.0. The van der Waals surface area contributed by atoms with Crippen LogP contribution in [0.25, 0.3) is 6.08 Å². The molecular weight excluding hydrogens is 476 g/mol. The van der Waals surface area contributed by atoms with E-state index in [1.807, 2.05) is 0 Å². The van der Waals surface area contributed by atoms with Crippen LogP contribution in [-0.2, 0) is 9.53 Å². The average Bonchev–Trinajstić information content (AvgIpc) is 3.19. The van der Waals surface area contributed by atoms with E-state index in [1.54, 1.807) is 49.4 Å². The second-order valence-corrected chi connectivity index (χ2v) is 7.73. The van der Waals surface area contributed by atoms with E-state index in [2.05, 4.69) is 4.99 Å². The van der Waals surface area contributed by atoms with Crippen LogP contribution in [-0.4, -0.2) is 29.9 Å². The second-order valence-electron chi connectivity index (χ2n) is 7.32. The van der Waals surface area contributed by atoms with Crippen LogP contribution in [0, 0.1) is 17.0 Å². The number of ether oxygens (including phenoxy) is 3. The summed E-state index contributed by atoms with van der Waals surface area (Å²) in [4.78, 5) is 39.8. The molecule has 0 fully saturated rings. The highest BCUT2D eigenvalue weighted by molar-refractivity contribution is 6.33. The molecule has 0 bridgehead atoms. The van der Waals surface area contributed by atoms with Gasteiger partial charge in [-0.3, -0.25) is 10.1 Å².